The van der Waals surface area contributed by atoms with Crippen molar-refractivity contribution >= 4 is 48.9 Å². The van der Waals surface area contributed by atoms with Crippen LogP contribution in [0.1, 0.15) is 0 Å². The van der Waals surface area contributed by atoms with E-state index >= 15 is 0 Å². The lowest BCUT2D eigenvalue weighted by Crippen LogP contribution is -2.34. The van der Waals surface area contributed by atoms with E-state index in [0.29, 0.717) is 10.7 Å². The zero-order valence-electron chi connectivity index (χ0n) is 15.8. The number of methoxy groups -OCH3 is 1. The molecule has 0 aromatic heterocycles. The summed E-state index contributed by atoms with van der Waals surface area (Å²) in [6.45, 7) is -0.421. The van der Waals surface area contributed by atoms with Crippen LogP contribution >= 0.6 is 11.6 Å². The Balaban J connectivity index is 2.27. The van der Waals surface area contributed by atoms with Gasteiger partial charge in [-0.2, -0.15) is 4.31 Å². The molecule has 0 saturated heterocycles. The second-order valence-corrected chi connectivity index (χ2v) is 10.2. The molecule has 2 aromatic rings. The molecule has 12 heteroatoms. The number of likely N-dealkylation sites (N-methyl/N-ethyl adjacent to an activating group) is 1. The number of sulfonamides is 2. The van der Waals surface area contributed by atoms with Gasteiger partial charge in [-0.25, -0.2) is 16.8 Å². The third-order valence-corrected chi connectivity index (χ3v) is 6.68. The molecule has 2 rings (SSSR count). The van der Waals surface area contributed by atoms with Crippen LogP contribution in [0.25, 0.3) is 0 Å². The van der Waals surface area contributed by atoms with Gasteiger partial charge in [0.15, 0.2) is 0 Å². The van der Waals surface area contributed by atoms with E-state index in [9.17, 15) is 21.6 Å². The molecule has 0 fully saturated rings. The molecule has 0 heterocycles. The fourth-order valence-electron chi connectivity index (χ4n) is 2.21. The summed E-state index contributed by atoms with van der Waals surface area (Å²) in [4.78, 5) is 11.9. The molecule has 0 atom stereocenters. The molecular weight excluding hydrogens is 442 g/mol. The molecule has 29 heavy (non-hydrogen) atoms. The maximum absolute atomic E-state index is 12.8. The summed E-state index contributed by atoms with van der Waals surface area (Å²) >= 11 is 5.80. The molecule has 0 radical (unpaired) electrons. The third-order valence-electron chi connectivity index (χ3n) is 3.77. The molecule has 0 aliphatic carbocycles. The van der Waals surface area contributed by atoms with Crippen LogP contribution in [0.2, 0.25) is 5.02 Å². The second kappa shape index (κ2) is 8.99. The number of hydrogen-bond acceptors (Lipinski definition) is 6. The predicted molar refractivity (Wildman–Crippen MR) is 111 cm³/mol. The molecule has 1 amide bonds. The highest BCUT2D eigenvalue weighted by atomic mass is 35.5. The maximum Gasteiger partial charge on any atom is 0.265 e. The van der Waals surface area contributed by atoms with Gasteiger partial charge in [0.25, 0.3) is 10.0 Å². The second-order valence-electron chi connectivity index (χ2n) is 6.05. The molecule has 0 saturated carbocycles. The largest absolute Gasteiger partial charge is 0.495 e. The molecule has 2 N–H and O–H groups in total. The van der Waals surface area contributed by atoms with Gasteiger partial charge in [-0.3, -0.25) is 9.52 Å². The average Bonchev–Trinajstić information content (AvgIpc) is 2.62. The number of amides is 1. The van der Waals surface area contributed by atoms with Crippen molar-refractivity contribution in [3.05, 3.63) is 47.5 Å². The number of ether oxygens (including phenoxy) is 1. The van der Waals surface area contributed by atoms with Gasteiger partial charge in [0.05, 0.1) is 19.9 Å². The number of nitrogens with zero attached hydrogens (tertiary/aromatic N) is 1. The molecule has 0 bridgehead atoms. The number of nitrogens with one attached hydrogen (secondary N) is 2. The molecule has 9 nitrogen and oxygen atoms in total. The molecule has 0 spiro atoms. The molecule has 158 valence electrons. The van der Waals surface area contributed by atoms with E-state index in [-0.39, 0.29) is 16.3 Å². The SMILES string of the molecule is COc1ccc(NC(=O)CN(C)S(C)(=O)=O)cc1S(=O)(=O)Nc1ccc(Cl)cc1. The normalized spacial score (nSPS) is 11.9. The molecule has 0 aliphatic rings. The fraction of sp³-hybridized carbons (Fsp3) is 0.235. The smallest absolute Gasteiger partial charge is 0.265 e. The summed E-state index contributed by atoms with van der Waals surface area (Å²) < 4.78 is 56.8. The van der Waals surface area contributed by atoms with Crippen molar-refractivity contribution in [3.8, 4) is 5.75 Å². The fourth-order valence-corrected chi connectivity index (χ4v) is 3.94. The Kier molecular flexibility index (Phi) is 7.11. The number of anilines is 2. The van der Waals surface area contributed by atoms with Crippen LogP contribution in [-0.2, 0) is 24.8 Å². The van der Waals surface area contributed by atoms with Crippen molar-refractivity contribution in [2.75, 3.05) is 37.0 Å². The van der Waals surface area contributed by atoms with Crippen LogP contribution in [0.15, 0.2) is 47.4 Å². The average molecular weight is 462 g/mol. The Labute approximate surface area is 174 Å². The Bertz CT molecular complexity index is 1100. The minimum Gasteiger partial charge on any atom is -0.495 e. The van der Waals surface area contributed by atoms with E-state index in [1.807, 2.05) is 0 Å². The first kappa shape index (κ1) is 22.9. The number of halogens is 1. The molecule has 2 aromatic carbocycles. The lowest BCUT2D eigenvalue weighted by molar-refractivity contribution is -0.116. The van der Waals surface area contributed by atoms with Gasteiger partial charge in [-0.15, -0.1) is 0 Å². The Morgan fingerprint density at radius 1 is 1.07 bits per heavy atom. The molecule has 0 unspecified atom stereocenters. The number of carbonyl (C=O) groups is 1. The van der Waals surface area contributed by atoms with Crippen LogP contribution < -0.4 is 14.8 Å². The quantitative estimate of drug-likeness (QED) is 0.619. The summed E-state index contributed by atoms with van der Waals surface area (Å²) in [6.07, 6.45) is 0.973. The highest BCUT2D eigenvalue weighted by Crippen LogP contribution is 2.29. The minimum atomic E-state index is -4.05. The molecular formula is C17H20ClN3O6S2. The number of rotatable bonds is 8. The van der Waals surface area contributed by atoms with Crippen molar-refractivity contribution in [1.82, 2.24) is 4.31 Å². The molecule has 0 aliphatic heterocycles. The summed E-state index contributed by atoms with van der Waals surface area (Å²) in [5.41, 5.74) is 0.454. The van der Waals surface area contributed by atoms with Crippen LogP contribution in [0.4, 0.5) is 11.4 Å². The van der Waals surface area contributed by atoms with E-state index in [1.54, 1.807) is 0 Å². The van der Waals surface area contributed by atoms with Crippen molar-refractivity contribution < 1.29 is 26.4 Å². The van der Waals surface area contributed by atoms with Gasteiger partial charge in [0.2, 0.25) is 15.9 Å². The summed E-state index contributed by atoms with van der Waals surface area (Å²) in [6, 6.07) is 10.1. The van der Waals surface area contributed by atoms with Gasteiger partial charge < -0.3 is 10.1 Å². The van der Waals surface area contributed by atoms with E-state index in [1.165, 1.54) is 56.6 Å². The van der Waals surface area contributed by atoms with Crippen molar-refractivity contribution in [2.45, 2.75) is 4.90 Å². The first-order valence-corrected chi connectivity index (χ1v) is 11.8. The topological polar surface area (TPSA) is 122 Å². The zero-order chi connectivity index (χ0) is 21.8. The van der Waals surface area contributed by atoms with Gasteiger partial charge in [-0.05, 0) is 42.5 Å². The first-order chi connectivity index (χ1) is 13.4. The van der Waals surface area contributed by atoms with Crippen LogP contribution in [-0.4, -0.2) is 54.0 Å². The van der Waals surface area contributed by atoms with Gasteiger partial charge in [-0.1, -0.05) is 11.6 Å². The Morgan fingerprint density at radius 2 is 1.66 bits per heavy atom. The monoisotopic (exact) mass is 461 g/mol. The van der Waals surface area contributed by atoms with E-state index in [2.05, 4.69) is 10.0 Å². The number of benzene rings is 2. The maximum atomic E-state index is 12.8. The van der Waals surface area contributed by atoms with Gasteiger partial charge >= 0.3 is 0 Å². The van der Waals surface area contributed by atoms with E-state index in [0.717, 1.165) is 10.6 Å². The zero-order valence-corrected chi connectivity index (χ0v) is 18.2. The van der Waals surface area contributed by atoms with Crippen LogP contribution in [0.5, 0.6) is 5.75 Å². The first-order valence-electron chi connectivity index (χ1n) is 8.10. The van der Waals surface area contributed by atoms with E-state index < -0.39 is 32.5 Å². The lowest BCUT2D eigenvalue weighted by atomic mass is 10.3. The third kappa shape index (κ3) is 6.32. The van der Waals surface area contributed by atoms with Gasteiger partial charge in [0, 0.05) is 23.4 Å². The number of hydrogen-bond donors (Lipinski definition) is 2. The van der Waals surface area contributed by atoms with Crippen LogP contribution in [0, 0.1) is 0 Å². The Hall–Kier alpha value is -2.34. The highest BCUT2D eigenvalue weighted by molar-refractivity contribution is 7.92. The number of carbonyl (C=O) groups excluding carboxylic acids is 1. The van der Waals surface area contributed by atoms with Gasteiger partial charge in [0.1, 0.15) is 10.6 Å². The standard InChI is InChI=1S/C17H20ClN3O6S2/c1-21(28(3,23)24)11-17(22)19-14-8-9-15(27-2)16(10-14)29(25,26)20-13-6-4-12(18)5-7-13/h4-10,20H,11H2,1-3H3,(H,19,22). The Morgan fingerprint density at radius 3 is 2.21 bits per heavy atom. The minimum absolute atomic E-state index is 0.0673. The summed E-state index contributed by atoms with van der Waals surface area (Å²) in [7, 11) is -5.01. The summed E-state index contributed by atoms with van der Waals surface area (Å²) in [5, 5.41) is 2.92. The van der Waals surface area contributed by atoms with E-state index in [4.69, 9.17) is 16.3 Å². The predicted octanol–water partition coefficient (Wildman–Crippen LogP) is 1.98. The van der Waals surface area contributed by atoms with Crippen LogP contribution in [0.3, 0.4) is 0 Å². The summed E-state index contributed by atoms with van der Waals surface area (Å²) in [5.74, 6) is -0.560. The highest BCUT2D eigenvalue weighted by Gasteiger charge is 2.22. The lowest BCUT2D eigenvalue weighted by Gasteiger charge is -2.15. The van der Waals surface area contributed by atoms with Crippen molar-refractivity contribution in [1.29, 1.82) is 0 Å². The van der Waals surface area contributed by atoms with Crippen molar-refractivity contribution in [2.24, 2.45) is 0 Å². The van der Waals surface area contributed by atoms with Crippen molar-refractivity contribution in [3.63, 3.8) is 0 Å².